The summed E-state index contributed by atoms with van der Waals surface area (Å²) in [5, 5.41) is 0. The number of amides is 1. The quantitative estimate of drug-likeness (QED) is 0.526. The van der Waals surface area contributed by atoms with Crippen LogP contribution >= 0.6 is 0 Å². The minimum Gasteiger partial charge on any atom is -0.379 e. The van der Waals surface area contributed by atoms with Crippen molar-refractivity contribution < 1.29 is 21.8 Å². The number of likely N-dealkylation sites (N-methyl/N-ethyl adjacent to an activating group) is 1. The van der Waals surface area contributed by atoms with Gasteiger partial charge in [-0.25, -0.2) is 4.39 Å². The van der Waals surface area contributed by atoms with Gasteiger partial charge in [-0.3, -0.25) is 4.79 Å². The smallest absolute Gasteiger partial charge is 0.339 e. The highest BCUT2D eigenvalue weighted by atomic mass is 32.2. The number of carbonyl (C=O) groups excluding carboxylic acids is 1. The van der Waals surface area contributed by atoms with Gasteiger partial charge < -0.3 is 14.0 Å². The van der Waals surface area contributed by atoms with E-state index in [9.17, 15) is 17.6 Å². The van der Waals surface area contributed by atoms with E-state index >= 15 is 0 Å². The Hall–Kier alpha value is -2.45. The zero-order valence-corrected chi connectivity index (χ0v) is 19.5. The van der Waals surface area contributed by atoms with E-state index in [1.165, 1.54) is 18.6 Å². The van der Waals surface area contributed by atoms with Gasteiger partial charge in [0, 0.05) is 25.6 Å². The number of halogens is 1. The van der Waals surface area contributed by atoms with Crippen molar-refractivity contribution in [3.8, 4) is 5.75 Å². The van der Waals surface area contributed by atoms with E-state index in [-0.39, 0.29) is 22.5 Å². The highest BCUT2D eigenvalue weighted by molar-refractivity contribution is 7.87. The molecular weight excluding hydrogens is 431 g/mol. The summed E-state index contributed by atoms with van der Waals surface area (Å²) in [5.74, 6) is -0.0634. The van der Waals surface area contributed by atoms with Gasteiger partial charge in [-0.15, -0.1) is 0 Å². The number of rotatable bonds is 9. The molecule has 0 N–H and O–H groups in total. The molecule has 0 aliphatic heterocycles. The molecule has 1 aliphatic carbocycles. The Morgan fingerprint density at radius 3 is 2.19 bits per heavy atom. The molecule has 0 saturated heterocycles. The van der Waals surface area contributed by atoms with Crippen molar-refractivity contribution in [1.29, 1.82) is 0 Å². The van der Waals surface area contributed by atoms with Crippen LogP contribution in [0.4, 0.5) is 4.39 Å². The molecule has 2 aromatic rings. The average molecular weight is 463 g/mol. The summed E-state index contributed by atoms with van der Waals surface area (Å²) in [5.41, 5.74) is 0.902. The molecule has 0 atom stereocenters. The van der Waals surface area contributed by atoms with E-state index in [4.69, 9.17) is 4.18 Å². The maximum absolute atomic E-state index is 13.1. The lowest BCUT2D eigenvalue weighted by atomic mass is 9.88. The van der Waals surface area contributed by atoms with E-state index in [0.717, 1.165) is 49.9 Å². The third kappa shape index (κ3) is 6.77. The molecule has 1 aliphatic rings. The lowest BCUT2D eigenvalue weighted by Crippen LogP contribution is -2.40. The fourth-order valence-corrected chi connectivity index (χ4v) is 4.77. The average Bonchev–Trinajstić information content (AvgIpc) is 2.78. The van der Waals surface area contributed by atoms with E-state index in [2.05, 4.69) is 4.90 Å². The Kier molecular flexibility index (Phi) is 8.26. The molecule has 0 aromatic heterocycles. The predicted molar refractivity (Wildman–Crippen MR) is 121 cm³/mol. The molecule has 0 spiro atoms. The molecule has 0 unspecified atom stereocenters. The highest BCUT2D eigenvalue weighted by Crippen LogP contribution is 2.26. The minimum atomic E-state index is -4.05. The van der Waals surface area contributed by atoms with Crippen LogP contribution in [0.25, 0.3) is 0 Å². The Balaban J connectivity index is 1.68. The van der Waals surface area contributed by atoms with Gasteiger partial charge in [0.1, 0.15) is 16.5 Å². The number of hydrogen-bond donors (Lipinski definition) is 0. The zero-order chi connectivity index (χ0) is 23.1. The largest absolute Gasteiger partial charge is 0.379 e. The van der Waals surface area contributed by atoms with Crippen molar-refractivity contribution in [3.05, 3.63) is 59.9 Å². The molecule has 1 amide bonds. The van der Waals surface area contributed by atoms with Gasteiger partial charge in [-0.2, -0.15) is 8.42 Å². The van der Waals surface area contributed by atoms with Crippen LogP contribution < -0.4 is 4.18 Å². The first kappa shape index (κ1) is 24.2. The maximum atomic E-state index is 13.1. The predicted octanol–water partition coefficient (Wildman–Crippen LogP) is 4.06. The normalized spacial score (nSPS) is 15.0. The second-order valence-corrected chi connectivity index (χ2v) is 10.1. The highest BCUT2D eigenvalue weighted by Gasteiger charge is 2.26. The summed E-state index contributed by atoms with van der Waals surface area (Å²) in [6, 6.07) is 11.2. The van der Waals surface area contributed by atoms with Crippen LogP contribution in [-0.4, -0.2) is 51.3 Å². The van der Waals surface area contributed by atoms with Crippen LogP contribution in [0.3, 0.4) is 0 Å². The molecule has 174 valence electrons. The molecule has 0 heterocycles. The van der Waals surface area contributed by atoms with Crippen molar-refractivity contribution in [2.75, 3.05) is 27.2 Å². The summed E-state index contributed by atoms with van der Waals surface area (Å²) in [7, 11) is -0.0826. The van der Waals surface area contributed by atoms with Crippen LogP contribution in [0.5, 0.6) is 5.75 Å². The Labute approximate surface area is 190 Å². The van der Waals surface area contributed by atoms with Crippen LogP contribution in [0.2, 0.25) is 0 Å². The van der Waals surface area contributed by atoms with Crippen LogP contribution in [-0.2, 0) is 21.5 Å². The fraction of sp³-hybridized carbons (Fsp3) is 0.458. The molecule has 2 aromatic carbocycles. The molecule has 32 heavy (non-hydrogen) atoms. The second kappa shape index (κ2) is 10.9. The molecule has 0 radical (unpaired) electrons. The number of benzene rings is 2. The van der Waals surface area contributed by atoms with Crippen molar-refractivity contribution in [2.45, 2.75) is 43.5 Å². The van der Waals surface area contributed by atoms with Crippen molar-refractivity contribution in [1.82, 2.24) is 9.80 Å². The number of carbonyl (C=O) groups is 1. The van der Waals surface area contributed by atoms with Crippen LogP contribution in [0.15, 0.2) is 53.4 Å². The summed E-state index contributed by atoms with van der Waals surface area (Å²) in [4.78, 5) is 17.0. The molecule has 6 nitrogen and oxygen atoms in total. The molecule has 1 fully saturated rings. The minimum absolute atomic E-state index is 0.0920. The number of nitrogens with zero attached hydrogens (tertiary/aromatic N) is 2. The zero-order valence-electron chi connectivity index (χ0n) is 18.7. The van der Waals surface area contributed by atoms with E-state index in [1.807, 2.05) is 19.0 Å². The van der Waals surface area contributed by atoms with Gasteiger partial charge in [0.05, 0.1) is 0 Å². The maximum Gasteiger partial charge on any atom is 0.339 e. The topological polar surface area (TPSA) is 66.9 Å². The fourth-order valence-electron chi connectivity index (χ4n) is 3.84. The van der Waals surface area contributed by atoms with Crippen LogP contribution in [0.1, 0.15) is 37.7 Å². The SMILES string of the molecule is CN(C)CCN(Cc1ccc(OS(=O)(=O)c2ccc(F)cc2)cc1)C(=O)C1CCCCC1. The lowest BCUT2D eigenvalue weighted by molar-refractivity contribution is -0.137. The molecular formula is C24H31FN2O4S. The van der Waals surface area contributed by atoms with Crippen LogP contribution in [0, 0.1) is 11.7 Å². The Morgan fingerprint density at radius 2 is 1.59 bits per heavy atom. The van der Waals surface area contributed by atoms with Crippen molar-refractivity contribution in [3.63, 3.8) is 0 Å². The van der Waals surface area contributed by atoms with Gasteiger partial charge in [0.15, 0.2) is 0 Å². The Bertz CT molecular complexity index is 986. The van der Waals surface area contributed by atoms with Gasteiger partial charge in [-0.1, -0.05) is 31.4 Å². The van der Waals surface area contributed by atoms with Gasteiger partial charge in [0.2, 0.25) is 5.91 Å². The summed E-state index contributed by atoms with van der Waals surface area (Å²) < 4.78 is 43.0. The third-order valence-corrected chi connectivity index (χ3v) is 6.95. The van der Waals surface area contributed by atoms with Gasteiger partial charge in [-0.05, 0) is 68.9 Å². The summed E-state index contributed by atoms with van der Waals surface area (Å²) >= 11 is 0. The molecule has 3 rings (SSSR count). The van der Waals surface area contributed by atoms with Crippen molar-refractivity contribution >= 4 is 16.0 Å². The summed E-state index contributed by atoms with van der Waals surface area (Å²) in [6.07, 6.45) is 5.30. The summed E-state index contributed by atoms with van der Waals surface area (Å²) in [6.45, 7) is 1.88. The van der Waals surface area contributed by atoms with E-state index < -0.39 is 15.9 Å². The molecule has 1 saturated carbocycles. The lowest BCUT2D eigenvalue weighted by Gasteiger charge is -2.30. The van der Waals surface area contributed by atoms with Gasteiger partial charge >= 0.3 is 10.1 Å². The van der Waals surface area contributed by atoms with E-state index in [1.54, 1.807) is 24.3 Å². The standard InChI is InChI=1S/C24H31FN2O4S/c1-26(2)16-17-27(24(28)20-6-4-3-5-7-20)18-19-8-12-22(13-9-19)31-32(29,30)23-14-10-21(25)11-15-23/h8-15,20H,3-7,16-18H2,1-2H3. The second-order valence-electron chi connectivity index (χ2n) is 8.53. The first-order chi connectivity index (χ1) is 15.2. The van der Waals surface area contributed by atoms with Crippen molar-refractivity contribution in [2.24, 2.45) is 5.92 Å². The Morgan fingerprint density at radius 1 is 0.969 bits per heavy atom. The van der Waals surface area contributed by atoms with E-state index in [0.29, 0.717) is 13.1 Å². The monoisotopic (exact) mass is 462 g/mol. The molecule has 8 heteroatoms. The first-order valence-electron chi connectivity index (χ1n) is 11.0. The molecule has 0 bridgehead atoms. The van der Waals surface area contributed by atoms with Gasteiger partial charge in [0.25, 0.3) is 0 Å². The third-order valence-electron chi connectivity index (χ3n) is 5.69. The first-order valence-corrected chi connectivity index (χ1v) is 12.4. The number of hydrogen-bond acceptors (Lipinski definition) is 5.